The molecule has 3 N–H and O–H groups in total. The summed E-state index contributed by atoms with van der Waals surface area (Å²) in [7, 11) is -3.91. The summed E-state index contributed by atoms with van der Waals surface area (Å²) in [6.45, 7) is 0. The molecule has 0 saturated carbocycles. The minimum absolute atomic E-state index is 0.0768. The Labute approximate surface area is 212 Å². The highest BCUT2D eigenvalue weighted by Crippen LogP contribution is 2.22. The highest BCUT2D eigenvalue weighted by molar-refractivity contribution is 9.10. The van der Waals surface area contributed by atoms with Crippen LogP contribution in [-0.4, -0.2) is 20.3 Å². The van der Waals surface area contributed by atoms with Crippen molar-refractivity contribution in [3.63, 3.8) is 0 Å². The number of hydrogen-bond acceptors (Lipinski definition) is 4. The fourth-order valence-corrected chi connectivity index (χ4v) is 4.48. The number of halogens is 1. The summed E-state index contributed by atoms with van der Waals surface area (Å²) in [5, 5.41) is 5.86. The first-order valence-corrected chi connectivity index (χ1v) is 12.8. The van der Waals surface area contributed by atoms with E-state index in [1.807, 2.05) is 48.5 Å². The molecule has 0 spiro atoms. The van der Waals surface area contributed by atoms with Crippen LogP contribution in [0.3, 0.4) is 0 Å². The van der Waals surface area contributed by atoms with Crippen molar-refractivity contribution in [1.29, 1.82) is 0 Å². The van der Waals surface area contributed by atoms with Gasteiger partial charge in [0.2, 0.25) is 5.96 Å². The Morgan fingerprint density at radius 1 is 0.743 bits per heavy atom. The van der Waals surface area contributed by atoms with E-state index in [0.717, 1.165) is 10.2 Å². The second kappa shape index (κ2) is 11.0. The first-order valence-electron chi connectivity index (χ1n) is 10.6. The molecule has 4 rings (SSSR count). The number of benzene rings is 4. The molecule has 0 saturated heterocycles. The fourth-order valence-electron chi connectivity index (χ4n) is 3.14. The maximum absolute atomic E-state index is 13.3. The van der Waals surface area contributed by atoms with Gasteiger partial charge in [-0.1, -0.05) is 64.5 Å². The molecule has 4 aromatic rings. The lowest BCUT2D eigenvalue weighted by atomic mass is 10.2. The van der Waals surface area contributed by atoms with Crippen LogP contribution in [0.25, 0.3) is 0 Å². The van der Waals surface area contributed by atoms with Crippen LogP contribution in [0.15, 0.2) is 124 Å². The number of rotatable bonds is 6. The first kappa shape index (κ1) is 24.2. The van der Waals surface area contributed by atoms with E-state index >= 15 is 0 Å². The van der Waals surface area contributed by atoms with Crippen molar-refractivity contribution in [2.24, 2.45) is 4.99 Å². The van der Waals surface area contributed by atoms with E-state index in [9.17, 15) is 13.2 Å². The van der Waals surface area contributed by atoms with Crippen LogP contribution in [-0.2, 0) is 10.0 Å². The van der Waals surface area contributed by atoms with Crippen molar-refractivity contribution < 1.29 is 13.2 Å². The second-order valence-corrected chi connectivity index (χ2v) is 9.94. The molecular weight excluding hydrogens is 528 g/mol. The Bertz CT molecular complexity index is 1440. The Kier molecular flexibility index (Phi) is 7.59. The lowest BCUT2D eigenvalue weighted by molar-refractivity contribution is 0.0978. The molecule has 0 aromatic heterocycles. The third kappa shape index (κ3) is 6.56. The Morgan fingerprint density at radius 3 is 2.03 bits per heavy atom. The van der Waals surface area contributed by atoms with Crippen molar-refractivity contribution in [2.75, 3.05) is 10.0 Å². The van der Waals surface area contributed by atoms with Crippen LogP contribution in [0, 0.1) is 0 Å². The Morgan fingerprint density at radius 2 is 1.34 bits per heavy atom. The topological polar surface area (TPSA) is 99.7 Å². The van der Waals surface area contributed by atoms with Crippen molar-refractivity contribution in [1.82, 2.24) is 5.32 Å². The van der Waals surface area contributed by atoms with Crippen LogP contribution >= 0.6 is 15.9 Å². The summed E-state index contributed by atoms with van der Waals surface area (Å²) < 4.78 is 29.1. The van der Waals surface area contributed by atoms with Gasteiger partial charge in [0.25, 0.3) is 15.9 Å². The highest BCUT2D eigenvalue weighted by atomic mass is 79.9. The van der Waals surface area contributed by atoms with Gasteiger partial charge in [0.05, 0.1) is 21.8 Å². The molecule has 0 aliphatic rings. The maximum atomic E-state index is 13.3. The predicted octanol–water partition coefficient (Wildman–Crippen LogP) is 5.78. The number of sulfonamides is 1. The zero-order chi connectivity index (χ0) is 24.7. The van der Waals surface area contributed by atoms with E-state index in [4.69, 9.17) is 0 Å². The van der Waals surface area contributed by atoms with Crippen molar-refractivity contribution in [2.45, 2.75) is 4.90 Å². The molecule has 0 unspecified atom stereocenters. The van der Waals surface area contributed by atoms with Crippen LogP contribution in [0.5, 0.6) is 0 Å². The van der Waals surface area contributed by atoms with E-state index in [-0.39, 0.29) is 22.1 Å². The molecule has 1 amide bonds. The summed E-state index contributed by atoms with van der Waals surface area (Å²) in [4.78, 5) is 17.8. The van der Waals surface area contributed by atoms with Gasteiger partial charge in [-0.25, -0.2) is 13.4 Å². The summed E-state index contributed by atoms with van der Waals surface area (Å²) in [5.41, 5.74) is 1.65. The molecule has 0 bridgehead atoms. The summed E-state index contributed by atoms with van der Waals surface area (Å²) >= 11 is 3.29. The number of nitrogens with one attached hydrogen (secondary N) is 3. The molecule has 35 heavy (non-hydrogen) atoms. The molecule has 0 heterocycles. The SMILES string of the molecule is O=C(NC(=Nc1ccccc1)Nc1ccccc1)c1ccccc1NS(=O)(=O)c1ccc(Br)cc1. The number of aliphatic imine (C=N–C) groups is 1. The summed E-state index contributed by atoms with van der Waals surface area (Å²) in [5.74, 6) is -0.338. The first-order chi connectivity index (χ1) is 16.9. The van der Waals surface area contributed by atoms with Crippen molar-refractivity contribution >= 4 is 54.9 Å². The third-order valence-electron chi connectivity index (χ3n) is 4.81. The lowest BCUT2D eigenvalue weighted by Crippen LogP contribution is -2.36. The molecule has 9 heteroatoms. The molecular formula is C26H21BrN4O3S. The molecule has 0 aliphatic carbocycles. The molecule has 0 radical (unpaired) electrons. The fraction of sp³-hybridized carbons (Fsp3) is 0. The second-order valence-electron chi connectivity index (χ2n) is 7.35. The number of nitrogens with zero attached hydrogens (tertiary/aromatic N) is 1. The van der Waals surface area contributed by atoms with Gasteiger partial charge in [0, 0.05) is 10.2 Å². The standard InChI is InChI=1S/C26H21BrN4O3S/c27-19-15-17-22(18-16-19)35(33,34)31-24-14-8-7-13-23(24)25(32)30-26(28-20-9-3-1-4-10-20)29-21-11-5-2-6-12-21/h1-18,31H,(H2,28,29,30,32). The normalized spacial score (nSPS) is 11.5. The largest absolute Gasteiger partial charge is 0.326 e. The smallest absolute Gasteiger partial charge is 0.261 e. The van der Waals surface area contributed by atoms with Gasteiger partial charge in [-0.15, -0.1) is 0 Å². The number of carbonyl (C=O) groups is 1. The van der Waals surface area contributed by atoms with Crippen molar-refractivity contribution in [3.05, 3.63) is 119 Å². The third-order valence-corrected chi connectivity index (χ3v) is 6.72. The van der Waals surface area contributed by atoms with Gasteiger partial charge in [-0.3, -0.25) is 14.8 Å². The average Bonchev–Trinajstić information content (AvgIpc) is 2.85. The van der Waals surface area contributed by atoms with E-state index in [0.29, 0.717) is 5.69 Å². The minimum Gasteiger partial charge on any atom is -0.326 e. The quantitative estimate of drug-likeness (QED) is 0.210. The van der Waals surface area contributed by atoms with Gasteiger partial charge in [-0.05, 0) is 60.7 Å². The molecule has 176 valence electrons. The number of amides is 1. The molecule has 7 nitrogen and oxygen atoms in total. The number of para-hydroxylation sites is 3. The maximum Gasteiger partial charge on any atom is 0.261 e. The number of anilines is 2. The van der Waals surface area contributed by atoms with Gasteiger partial charge >= 0.3 is 0 Å². The predicted molar refractivity (Wildman–Crippen MR) is 142 cm³/mol. The van der Waals surface area contributed by atoms with Crippen LogP contribution in [0.1, 0.15) is 10.4 Å². The summed E-state index contributed by atoms with van der Waals surface area (Å²) in [6.07, 6.45) is 0. The lowest BCUT2D eigenvalue weighted by Gasteiger charge is -2.15. The van der Waals surface area contributed by atoms with Gasteiger partial charge in [0.1, 0.15) is 0 Å². The van der Waals surface area contributed by atoms with Gasteiger partial charge < -0.3 is 5.32 Å². The van der Waals surface area contributed by atoms with E-state index < -0.39 is 15.9 Å². The van der Waals surface area contributed by atoms with Crippen LogP contribution in [0.2, 0.25) is 0 Å². The number of hydrogen-bond donors (Lipinski definition) is 3. The molecule has 4 aromatic carbocycles. The van der Waals surface area contributed by atoms with Crippen LogP contribution < -0.4 is 15.4 Å². The number of carbonyl (C=O) groups excluding carboxylic acids is 1. The van der Waals surface area contributed by atoms with Gasteiger partial charge in [0.15, 0.2) is 0 Å². The monoisotopic (exact) mass is 548 g/mol. The minimum atomic E-state index is -3.91. The van der Waals surface area contributed by atoms with E-state index in [2.05, 4.69) is 36.3 Å². The average molecular weight is 549 g/mol. The molecule has 0 aliphatic heterocycles. The molecule has 0 fully saturated rings. The molecule has 0 atom stereocenters. The van der Waals surface area contributed by atoms with E-state index in [1.165, 1.54) is 24.3 Å². The van der Waals surface area contributed by atoms with Crippen molar-refractivity contribution in [3.8, 4) is 0 Å². The highest BCUT2D eigenvalue weighted by Gasteiger charge is 2.19. The van der Waals surface area contributed by atoms with Crippen LogP contribution in [0.4, 0.5) is 17.1 Å². The van der Waals surface area contributed by atoms with E-state index in [1.54, 1.807) is 36.4 Å². The zero-order valence-corrected chi connectivity index (χ0v) is 20.8. The Hall–Kier alpha value is -3.95. The Balaban J connectivity index is 1.61. The van der Waals surface area contributed by atoms with Gasteiger partial charge in [-0.2, -0.15) is 0 Å². The number of guanidine groups is 1. The summed E-state index contributed by atoms with van der Waals surface area (Å²) in [6, 6.07) is 31.0. The zero-order valence-electron chi connectivity index (χ0n) is 18.4.